The minimum Gasteiger partial charge on any atom is -0.497 e. The van der Waals surface area contributed by atoms with Crippen LogP contribution in [0.4, 0.5) is 5.00 Å². The Hall–Kier alpha value is -2.54. The van der Waals surface area contributed by atoms with Gasteiger partial charge in [0.15, 0.2) is 0 Å². The minimum atomic E-state index is -0.497. The van der Waals surface area contributed by atoms with Gasteiger partial charge in [0.2, 0.25) is 0 Å². The Balaban J connectivity index is 1.90. The lowest BCUT2D eigenvalue weighted by atomic mass is 9.84. The van der Waals surface area contributed by atoms with E-state index >= 15 is 0 Å². The number of rotatable bonds is 7. The molecule has 28 heavy (non-hydrogen) atoms. The number of benzene rings is 1. The van der Waals surface area contributed by atoms with Gasteiger partial charge in [-0.05, 0) is 42.9 Å². The van der Waals surface area contributed by atoms with Crippen molar-refractivity contribution in [1.82, 2.24) is 0 Å². The number of nitrogens with one attached hydrogen (secondary N) is 1. The van der Waals surface area contributed by atoms with Crippen LogP contribution in [-0.2, 0) is 12.8 Å². The fourth-order valence-electron chi connectivity index (χ4n) is 3.81. The van der Waals surface area contributed by atoms with E-state index in [9.17, 15) is 9.59 Å². The summed E-state index contributed by atoms with van der Waals surface area (Å²) in [6.45, 7) is 2.19. The molecular weight excluding hydrogens is 376 g/mol. The number of fused-ring (bicyclic) bond motifs is 1. The molecule has 3 rings (SSSR count). The van der Waals surface area contributed by atoms with E-state index in [0.717, 1.165) is 36.1 Å². The van der Waals surface area contributed by atoms with Crippen LogP contribution in [-0.4, -0.2) is 26.0 Å². The third-order valence-corrected chi connectivity index (χ3v) is 6.36. The summed E-state index contributed by atoms with van der Waals surface area (Å²) in [5.41, 5.74) is 7.49. The summed E-state index contributed by atoms with van der Waals surface area (Å²) in [6, 6.07) is 4.99. The zero-order valence-electron chi connectivity index (χ0n) is 16.5. The number of anilines is 1. The van der Waals surface area contributed by atoms with Crippen LogP contribution in [0.5, 0.6) is 11.5 Å². The summed E-state index contributed by atoms with van der Waals surface area (Å²) in [5, 5.41) is 3.41. The highest BCUT2D eigenvalue weighted by Crippen LogP contribution is 2.41. The number of carbonyl (C=O) groups is 2. The van der Waals surface area contributed by atoms with Crippen LogP contribution in [0.1, 0.15) is 57.3 Å². The molecule has 3 N–H and O–H groups in total. The first kappa shape index (κ1) is 20.2. The van der Waals surface area contributed by atoms with Crippen LogP contribution in [0.25, 0.3) is 0 Å². The standard InChI is InChI=1S/C21H26N2O4S/c1-4-5-12-6-8-15-17(10-12)28-21(18(15)19(22)24)23-20(25)14-9-7-13(26-2)11-16(14)27-3/h7,9,11-12H,4-6,8,10H2,1-3H3,(H2,22,24)(H,23,25)/t12-/m1/s1. The van der Waals surface area contributed by atoms with Crippen molar-refractivity contribution < 1.29 is 19.1 Å². The van der Waals surface area contributed by atoms with Crippen molar-refractivity contribution >= 4 is 28.2 Å². The lowest BCUT2D eigenvalue weighted by Gasteiger charge is -2.21. The summed E-state index contributed by atoms with van der Waals surface area (Å²) >= 11 is 1.47. The zero-order chi connectivity index (χ0) is 20.3. The van der Waals surface area contributed by atoms with Gasteiger partial charge in [-0.2, -0.15) is 0 Å². The molecule has 1 aliphatic carbocycles. The lowest BCUT2D eigenvalue weighted by molar-refractivity contribution is 0.1000. The average molecular weight is 403 g/mol. The van der Waals surface area contributed by atoms with E-state index in [2.05, 4.69) is 12.2 Å². The number of primary amides is 1. The molecule has 1 heterocycles. The van der Waals surface area contributed by atoms with Crippen molar-refractivity contribution in [2.45, 2.75) is 39.0 Å². The van der Waals surface area contributed by atoms with Gasteiger partial charge in [0, 0.05) is 10.9 Å². The Morgan fingerprint density at radius 1 is 1.29 bits per heavy atom. The molecule has 7 heteroatoms. The van der Waals surface area contributed by atoms with Gasteiger partial charge in [-0.25, -0.2) is 0 Å². The Kier molecular flexibility index (Phi) is 6.24. The highest BCUT2D eigenvalue weighted by molar-refractivity contribution is 7.17. The second kappa shape index (κ2) is 8.65. The van der Waals surface area contributed by atoms with Gasteiger partial charge in [-0.3, -0.25) is 9.59 Å². The number of hydrogen-bond donors (Lipinski definition) is 2. The molecule has 2 aromatic rings. The highest BCUT2D eigenvalue weighted by Gasteiger charge is 2.29. The Morgan fingerprint density at radius 2 is 2.07 bits per heavy atom. The molecule has 2 amide bonds. The molecule has 1 aliphatic rings. The van der Waals surface area contributed by atoms with Crippen molar-refractivity contribution in [1.29, 1.82) is 0 Å². The van der Waals surface area contributed by atoms with Crippen LogP contribution in [0.3, 0.4) is 0 Å². The number of carbonyl (C=O) groups excluding carboxylic acids is 2. The lowest BCUT2D eigenvalue weighted by Crippen LogP contribution is -2.20. The Bertz CT molecular complexity index is 891. The van der Waals surface area contributed by atoms with Gasteiger partial charge in [-0.1, -0.05) is 19.8 Å². The Morgan fingerprint density at radius 3 is 2.71 bits per heavy atom. The predicted octanol–water partition coefficient (Wildman–Crippen LogP) is 4.02. The maximum atomic E-state index is 12.9. The van der Waals surface area contributed by atoms with Crippen LogP contribution in [0.2, 0.25) is 0 Å². The summed E-state index contributed by atoms with van der Waals surface area (Å²) in [7, 11) is 3.05. The van der Waals surface area contributed by atoms with Crippen molar-refractivity contribution in [3.8, 4) is 11.5 Å². The van der Waals surface area contributed by atoms with Crippen molar-refractivity contribution in [2.75, 3.05) is 19.5 Å². The third-order valence-electron chi connectivity index (χ3n) is 5.19. The molecule has 1 aromatic heterocycles. The number of hydrogen-bond acceptors (Lipinski definition) is 5. The van der Waals surface area contributed by atoms with E-state index in [4.69, 9.17) is 15.2 Å². The molecule has 0 saturated heterocycles. The SMILES string of the molecule is CCC[C@@H]1CCc2c(sc(NC(=O)c3ccc(OC)cc3OC)c2C(N)=O)C1. The smallest absolute Gasteiger partial charge is 0.260 e. The molecule has 0 spiro atoms. The maximum Gasteiger partial charge on any atom is 0.260 e. The molecule has 1 atom stereocenters. The summed E-state index contributed by atoms with van der Waals surface area (Å²) < 4.78 is 10.5. The molecule has 0 radical (unpaired) electrons. The fraction of sp³-hybridized carbons (Fsp3) is 0.429. The van der Waals surface area contributed by atoms with Crippen LogP contribution in [0.15, 0.2) is 18.2 Å². The Labute approximate surface area is 169 Å². The molecule has 0 unspecified atom stereocenters. The first-order valence-electron chi connectivity index (χ1n) is 9.46. The number of nitrogens with two attached hydrogens (primary N) is 1. The van der Waals surface area contributed by atoms with Crippen molar-refractivity contribution in [2.24, 2.45) is 11.7 Å². The van der Waals surface area contributed by atoms with Gasteiger partial charge < -0.3 is 20.5 Å². The van der Waals surface area contributed by atoms with Crippen LogP contribution >= 0.6 is 11.3 Å². The number of ether oxygens (including phenoxy) is 2. The van der Waals surface area contributed by atoms with Gasteiger partial charge in [0.1, 0.15) is 16.5 Å². The van der Waals surface area contributed by atoms with Crippen LogP contribution in [0, 0.1) is 5.92 Å². The van der Waals surface area contributed by atoms with Gasteiger partial charge in [0.05, 0.1) is 25.3 Å². The topological polar surface area (TPSA) is 90.7 Å². The van der Waals surface area contributed by atoms with E-state index in [1.165, 1.54) is 24.9 Å². The second-order valence-corrected chi connectivity index (χ2v) is 8.10. The largest absolute Gasteiger partial charge is 0.497 e. The van der Waals surface area contributed by atoms with Crippen molar-refractivity contribution in [3.63, 3.8) is 0 Å². The fourth-order valence-corrected chi connectivity index (χ4v) is 5.18. The van der Waals surface area contributed by atoms with Crippen LogP contribution < -0.4 is 20.5 Å². The highest BCUT2D eigenvalue weighted by atomic mass is 32.1. The van der Waals surface area contributed by atoms with E-state index in [-0.39, 0.29) is 5.91 Å². The summed E-state index contributed by atoms with van der Waals surface area (Å²) in [6.07, 6.45) is 5.15. The first-order chi connectivity index (χ1) is 13.5. The molecule has 0 bridgehead atoms. The number of methoxy groups -OCH3 is 2. The first-order valence-corrected chi connectivity index (χ1v) is 10.3. The maximum absolute atomic E-state index is 12.9. The summed E-state index contributed by atoms with van der Waals surface area (Å²) in [4.78, 5) is 26.2. The monoisotopic (exact) mass is 402 g/mol. The number of amides is 2. The molecular formula is C21H26N2O4S. The van der Waals surface area contributed by atoms with E-state index in [1.807, 2.05) is 0 Å². The van der Waals surface area contributed by atoms with Gasteiger partial charge in [-0.15, -0.1) is 11.3 Å². The third kappa shape index (κ3) is 3.99. The minimum absolute atomic E-state index is 0.342. The normalized spacial score (nSPS) is 15.6. The molecule has 0 fully saturated rings. The van der Waals surface area contributed by atoms with E-state index in [1.54, 1.807) is 25.3 Å². The average Bonchev–Trinajstić information content (AvgIpc) is 3.04. The van der Waals surface area contributed by atoms with Crippen molar-refractivity contribution in [3.05, 3.63) is 39.8 Å². The summed E-state index contributed by atoms with van der Waals surface area (Å²) in [5.74, 6) is 0.790. The number of thiophene rings is 1. The zero-order valence-corrected chi connectivity index (χ0v) is 17.3. The van der Waals surface area contributed by atoms with Gasteiger partial charge >= 0.3 is 0 Å². The second-order valence-electron chi connectivity index (χ2n) is 6.99. The quantitative estimate of drug-likeness (QED) is 0.732. The molecule has 150 valence electrons. The molecule has 0 saturated carbocycles. The van der Waals surface area contributed by atoms with E-state index in [0.29, 0.717) is 33.5 Å². The molecule has 6 nitrogen and oxygen atoms in total. The van der Waals surface area contributed by atoms with Gasteiger partial charge in [0.25, 0.3) is 11.8 Å². The van der Waals surface area contributed by atoms with E-state index < -0.39 is 5.91 Å². The predicted molar refractivity (Wildman–Crippen MR) is 111 cm³/mol. The molecule has 1 aromatic carbocycles. The molecule has 0 aliphatic heterocycles.